The first kappa shape index (κ1) is 27.4. The Morgan fingerprint density at radius 1 is 0.857 bits per heavy atom. The molecule has 2 saturated carbocycles. The van der Waals surface area contributed by atoms with Crippen molar-refractivity contribution in [1.82, 2.24) is 5.32 Å². The Morgan fingerprint density at radius 3 is 1.91 bits per heavy atom. The molecule has 0 aliphatic heterocycles. The SMILES string of the molecule is CC(C)(C)OC(=O)N[C@@]1(C(=O)OC(C)(C)C)C[C@@H](Sc2ccccc2)[C@H]2[C@H](C(=O)OC(C)(C)C)[C@H]21. The minimum atomic E-state index is -1.39. The van der Waals surface area contributed by atoms with Crippen LogP contribution in [0.3, 0.4) is 0 Å². The Kier molecular flexibility index (Phi) is 7.30. The first-order chi connectivity index (χ1) is 15.9. The van der Waals surface area contributed by atoms with Gasteiger partial charge in [0.05, 0.1) is 5.92 Å². The molecule has 2 aliphatic carbocycles. The minimum Gasteiger partial charge on any atom is -0.460 e. The van der Waals surface area contributed by atoms with Crippen LogP contribution < -0.4 is 5.32 Å². The second-order valence-corrected chi connectivity index (χ2v) is 13.7. The largest absolute Gasteiger partial charge is 0.460 e. The zero-order chi connectivity index (χ0) is 26.4. The number of ether oxygens (including phenoxy) is 3. The molecule has 0 heterocycles. The maximum Gasteiger partial charge on any atom is 0.408 e. The lowest BCUT2D eigenvalue weighted by atomic mass is 9.89. The van der Waals surface area contributed by atoms with Crippen molar-refractivity contribution in [2.24, 2.45) is 17.8 Å². The second kappa shape index (κ2) is 9.34. The number of alkyl carbamates (subject to hydrolysis) is 1. The molecule has 5 atom stereocenters. The van der Waals surface area contributed by atoms with Crippen LogP contribution in [0.2, 0.25) is 0 Å². The van der Waals surface area contributed by atoms with E-state index in [0.29, 0.717) is 6.42 Å². The zero-order valence-corrected chi connectivity index (χ0v) is 23.1. The van der Waals surface area contributed by atoms with E-state index in [4.69, 9.17) is 14.2 Å². The molecule has 0 unspecified atom stereocenters. The first-order valence-electron chi connectivity index (χ1n) is 12.1. The maximum absolute atomic E-state index is 13.7. The number of carbonyl (C=O) groups is 3. The van der Waals surface area contributed by atoms with E-state index in [9.17, 15) is 14.4 Å². The fraction of sp³-hybridized carbons (Fsp3) is 0.667. The number of hydrogen-bond donors (Lipinski definition) is 1. The van der Waals surface area contributed by atoms with Gasteiger partial charge in [-0.3, -0.25) is 4.79 Å². The lowest BCUT2D eigenvalue weighted by Gasteiger charge is -2.35. The molecule has 1 aromatic rings. The van der Waals surface area contributed by atoms with Crippen molar-refractivity contribution in [2.75, 3.05) is 0 Å². The quantitative estimate of drug-likeness (QED) is 0.425. The molecule has 2 fully saturated rings. The number of hydrogen-bond acceptors (Lipinski definition) is 7. The smallest absolute Gasteiger partial charge is 0.408 e. The summed E-state index contributed by atoms with van der Waals surface area (Å²) < 4.78 is 17.0. The summed E-state index contributed by atoms with van der Waals surface area (Å²) in [4.78, 5) is 40.9. The lowest BCUT2D eigenvalue weighted by Crippen LogP contribution is -2.59. The van der Waals surface area contributed by atoms with Crippen LogP contribution in [0, 0.1) is 17.8 Å². The van der Waals surface area contributed by atoms with Gasteiger partial charge in [-0.05, 0) is 86.8 Å². The predicted octanol–water partition coefficient (Wildman–Crippen LogP) is 5.36. The molecule has 1 N–H and O–H groups in total. The van der Waals surface area contributed by atoms with Gasteiger partial charge in [0.1, 0.15) is 22.3 Å². The fourth-order valence-corrected chi connectivity index (χ4v) is 6.25. The molecule has 3 rings (SSSR count). The number of amides is 1. The van der Waals surface area contributed by atoms with Crippen LogP contribution in [-0.4, -0.2) is 45.6 Å². The molecule has 2 aliphatic rings. The van der Waals surface area contributed by atoms with Crippen molar-refractivity contribution >= 4 is 29.8 Å². The van der Waals surface area contributed by atoms with Crippen molar-refractivity contribution in [3.05, 3.63) is 30.3 Å². The topological polar surface area (TPSA) is 90.9 Å². The van der Waals surface area contributed by atoms with Gasteiger partial charge >= 0.3 is 18.0 Å². The normalized spacial score (nSPS) is 28.0. The van der Waals surface area contributed by atoms with Gasteiger partial charge in [-0.1, -0.05) is 18.2 Å². The van der Waals surface area contributed by atoms with Crippen molar-refractivity contribution < 1.29 is 28.6 Å². The van der Waals surface area contributed by atoms with E-state index in [-0.39, 0.29) is 17.1 Å². The summed E-state index contributed by atoms with van der Waals surface area (Å²) in [5.41, 5.74) is -3.57. The van der Waals surface area contributed by atoms with Gasteiger partial charge < -0.3 is 19.5 Å². The van der Waals surface area contributed by atoms with Gasteiger partial charge in [0, 0.05) is 16.1 Å². The number of rotatable bonds is 5. The summed E-state index contributed by atoms with van der Waals surface area (Å²) in [6.45, 7) is 16.1. The molecule has 1 amide bonds. The highest BCUT2D eigenvalue weighted by Crippen LogP contribution is 2.66. The molecule has 8 heteroatoms. The van der Waals surface area contributed by atoms with Crippen LogP contribution in [0.4, 0.5) is 4.79 Å². The van der Waals surface area contributed by atoms with Crippen LogP contribution in [0.15, 0.2) is 35.2 Å². The van der Waals surface area contributed by atoms with Gasteiger partial charge in [-0.25, -0.2) is 9.59 Å². The standard InChI is InChI=1S/C27H39NO6S/c1-24(2,3)32-21(29)19-18-17(35-16-13-11-10-12-14-16)15-27(20(18)19,22(30)33-25(4,5)6)28-23(31)34-26(7,8)9/h10-14,17-20H,15H2,1-9H3,(H,28,31)/t17-,18+,19+,20+,27+/m1/s1. The van der Waals surface area contributed by atoms with Gasteiger partial charge in [0.15, 0.2) is 0 Å². The molecule has 194 valence electrons. The third kappa shape index (κ3) is 6.72. The van der Waals surface area contributed by atoms with E-state index >= 15 is 0 Å². The highest BCUT2D eigenvalue weighted by molar-refractivity contribution is 8.00. The number of fused-ring (bicyclic) bond motifs is 1. The van der Waals surface area contributed by atoms with Crippen molar-refractivity contribution in [2.45, 2.75) is 101 Å². The summed E-state index contributed by atoms with van der Waals surface area (Å²) in [6.07, 6.45) is -0.377. The molecule has 0 spiro atoms. The van der Waals surface area contributed by atoms with Crippen LogP contribution >= 0.6 is 11.8 Å². The van der Waals surface area contributed by atoms with E-state index in [0.717, 1.165) is 4.90 Å². The maximum atomic E-state index is 13.7. The molecule has 35 heavy (non-hydrogen) atoms. The van der Waals surface area contributed by atoms with Crippen molar-refractivity contribution in [3.63, 3.8) is 0 Å². The second-order valence-electron chi connectivity index (χ2n) is 12.4. The lowest BCUT2D eigenvalue weighted by molar-refractivity contribution is -0.165. The molecule has 0 radical (unpaired) electrons. The fourth-order valence-electron chi connectivity index (χ4n) is 4.75. The predicted molar refractivity (Wildman–Crippen MR) is 135 cm³/mol. The summed E-state index contributed by atoms with van der Waals surface area (Å²) in [5.74, 6) is -2.01. The Morgan fingerprint density at radius 2 is 1.40 bits per heavy atom. The first-order valence-corrected chi connectivity index (χ1v) is 13.0. The summed E-state index contributed by atoms with van der Waals surface area (Å²) in [7, 11) is 0. The van der Waals surface area contributed by atoms with E-state index in [1.165, 1.54) is 0 Å². The van der Waals surface area contributed by atoms with Crippen LogP contribution in [0.5, 0.6) is 0 Å². The number of thioether (sulfide) groups is 1. The zero-order valence-electron chi connectivity index (χ0n) is 22.3. The van der Waals surface area contributed by atoms with Gasteiger partial charge in [0.25, 0.3) is 0 Å². The molecular formula is C27H39NO6S. The molecule has 1 aromatic carbocycles. The average Bonchev–Trinajstić information content (AvgIpc) is 3.32. The third-order valence-corrected chi connectivity index (χ3v) is 7.12. The molecule has 0 aromatic heterocycles. The summed E-state index contributed by atoms with van der Waals surface area (Å²) in [5, 5.41) is 2.77. The molecule has 0 bridgehead atoms. The number of carbonyl (C=O) groups excluding carboxylic acids is 3. The van der Waals surface area contributed by atoms with E-state index in [2.05, 4.69) is 5.32 Å². The molecule has 0 saturated heterocycles. The number of esters is 2. The summed E-state index contributed by atoms with van der Waals surface area (Å²) >= 11 is 1.61. The van der Waals surface area contributed by atoms with E-state index in [1.54, 1.807) is 53.3 Å². The Balaban J connectivity index is 1.99. The van der Waals surface area contributed by atoms with Crippen LogP contribution in [0.25, 0.3) is 0 Å². The van der Waals surface area contributed by atoms with Gasteiger partial charge in [0.2, 0.25) is 0 Å². The minimum absolute atomic E-state index is 0.0950. The highest BCUT2D eigenvalue weighted by atomic mass is 32.2. The van der Waals surface area contributed by atoms with Crippen molar-refractivity contribution in [1.29, 1.82) is 0 Å². The number of nitrogens with one attached hydrogen (secondary N) is 1. The van der Waals surface area contributed by atoms with Crippen molar-refractivity contribution in [3.8, 4) is 0 Å². The number of benzene rings is 1. The van der Waals surface area contributed by atoms with Crippen LogP contribution in [-0.2, 0) is 23.8 Å². The van der Waals surface area contributed by atoms with Crippen LogP contribution in [0.1, 0.15) is 68.7 Å². The van der Waals surface area contributed by atoms with Gasteiger partial charge in [-0.15, -0.1) is 11.8 Å². The molecule has 7 nitrogen and oxygen atoms in total. The monoisotopic (exact) mass is 505 g/mol. The van der Waals surface area contributed by atoms with E-state index < -0.39 is 46.2 Å². The van der Waals surface area contributed by atoms with E-state index in [1.807, 2.05) is 51.1 Å². The Bertz CT molecular complexity index is 959. The molecular weight excluding hydrogens is 466 g/mol. The highest BCUT2D eigenvalue weighted by Gasteiger charge is 2.76. The third-order valence-electron chi connectivity index (χ3n) is 5.79. The Labute approximate surface area is 213 Å². The Hall–Kier alpha value is -2.22. The average molecular weight is 506 g/mol. The van der Waals surface area contributed by atoms with Gasteiger partial charge in [-0.2, -0.15) is 0 Å². The summed E-state index contributed by atoms with van der Waals surface area (Å²) in [6, 6.07) is 9.84.